The normalized spacial score (nSPS) is 18.8. The van der Waals surface area contributed by atoms with Crippen LogP contribution in [0.4, 0.5) is 0 Å². The summed E-state index contributed by atoms with van der Waals surface area (Å²) < 4.78 is 0. The second kappa shape index (κ2) is 5.86. The van der Waals surface area contributed by atoms with E-state index in [2.05, 4.69) is 38.2 Å². The molecule has 0 saturated heterocycles. The van der Waals surface area contributed by atoms with E-state index in [1.807, 2.05) is 0 Å². The van der Waals surface area contributed by atoms with E-state index < -0.39 is 0 Å². The van der Waals surface area contributed by atoms with E-state index in [0.29, 0.717) is 5.41 Å². The number of hydrogen-bond donors (Lipinski definition) is 1. The molecule has 0 atom stereocenters. The second-order valence-electron chi connectivity index (χ2n) is 5.80. The fraction of sp³-hybridized carbons (Fsp3) is 1.00. The van der Waals surface area contributed by atoms with Crippen LogP contribution >= 0.6 is 0 Å². The molecule has 0 amide bonds. The number of nitrogens with one attached hydrogen (secondary N) is 1. The van der Waals surface area contributed by atoms with Crippen molar-refractivity contribution in [1.82, 2.24) is 10.2 Å². The lowest BCUT2D eigenvalue weighted by molar-refractivity contribution is 0.251. The molecule has 0 bridgehead atoms. The van der Waals surface area contributed by atoms with E-state index in [1.54, 1.807) is 0 Å². The standard InChI is InChI=1S/C13H28N2/c1-12(2)6-5-9-15(4)11-13(7-8-13)10-14-3/h12,14H,5-11H2,1-4H3. The van der Waals surface area contributed by atoms with Gasteiger partial charge in [0, 0.05) is 13.1 Å². The van der Waals surface area contributed by atoms with Crippen LogP contribution in [0.15, 0.2) is 0 Å². The van der Waals surface area contributed by atoms with Crippen molar-refractivity contribution in [3.8, 4) is 0 Å². The quantitative estimate of drug-likeness (QED) is 0.664. The van der Waals surface area contributed by atoms with Gasteiger partial charge in [0.25, 0.3) is 0 Å². The summed E-state index contributed by atoms with van der Waals surface area (Å²) in [5.41, 5.74) is 0.626. The van der Waals surface area contributed by atoms with Gasteiger partial charge in [0.1, 0.15) is 0 Å². The summed E-state index contributed by atoms with van der Waals surface area (Å²) in [7, 11) is 4.34. The van der Waals surface area contributed by atoms with Crippen LogP contribution < -0.4 is 5.32 Å². The zero-order chi connectivity index (χ0) is 11.3. The first-order chi connectivity index (χ1) is 7.08. The molecule has 0 unspecified atom stereocenters. The molecule has 1 fully saturated rings. The Morgan fingerprint density at radius 3 is 2.47 bits per heavy atom. The number of hydrogen-bond acceptors (Lipinski definition) is 2. The van der Waals surface area contributed by atoms with E-state index >= 15 is 0 Å². The topological polar surface area (TPSA) is 15.3 Å². The maximum Gasteiger partial charge on any atom is 0.00471 e. The minimum Gasteiger partial charge on any atom is -0.319 e. The van der Waals surface area contributed by atoms with Crippen molar-refractivity contribution in [3.05, 3.63) is 0 Å². The summed E-state index contributed by atoms with van der Waals surface area (Å²) in [6, 6.07) is 0. The van der Waals surface area contributed by atoms with Crippen molar-refractivity contribution in [1.29, 1.82) is 0 Å². The van der Waals surface area contributed by atoms with E-state index in [-0.39, 0.29) is 0 Å². The van der Waals surface area contributed by atoms with Gasteiger partial charge in [0.2, 0.25) is 0 Å². The van der Waals surface area contributed by atoms with Crippen molar-refractivity contribution in [3.63, 3.8) is 0 Å². The maximum absolute atomic E-state index is 3.32. The Morgan fingerprint density at radius 2 is 2.00 bits per heavy atom. The van der Waals surface area contributed by atoms with Crippen LogP contribution in [0.3, 0.4) is 0 Å². The van der Waals surface area contributed by atoms with Crippen LogP contribution in [0.5, 0.6) is 0 Å². The lowest BCUT2D eigenvalue weighted by Gasteiger charge is -2.23. The molecule has 1 aliphatic carbocycles. The summed E-state index contributed by atoms with van der Waals surface area (Å²) in [5.74, 6) is 0.852. The first-order valence-electron chi connectivity index (χ1n) is 6.41. The van der Waals surface area contributed by atoms with E-state index in [4.69, 9.17) is 0 Å². The van der Waals surface area contributed by atoms with E-state index in [9.17, 15) is 0 Å². The monoisotopic (exact) mass is 212 g/mol. The highest BCUT2D eigenvalue weighted by molar-refractivity contribution is 4.96. The summed E-state index contributed by atoms with van der Waals surface area (Å²) >= 11 is 0. The van der Waals surface area contributed by atoms with Gasteiger partial charge < -0.3 is 10.2 Å². The molecule has 0 aromatic heterocycles. The Labute approximate surface area is 95.4 Å². The molecule has 1 aliphatic rings. The van der Waals surface area contributed by atoms with Crippen molar-refractivity contribution in [2.24, 2.45) is 11.3 Å². The van der Waals surface area contributed by atoms with Crippen LogP contribution in [0.25, 0.3) is 0 Å². The predicted octanol–water partition coefficient (Wildman–Crippen LogP) is 2.35. The van der Waals surface area contributed by atoms with Crippen molar-refractivity contribution >= 4 is 0 Å². The summed E-state index contributed by atoms with van der Waals surface area (Å²) in [4.78, 5) is 2.52. The molecule has 0 heterocycles. The molecule has 0 spiro atoms. The average molecular weight is 212 g/mol. The molecule has 1 saturated carbocycles. The molecular weight excluding hydrogens is 184 g/mol. The highest BCUT2D eigenvalue weighted by atomic mass is 15.1. The lowest BCUT2D eigenvalue weighted by atomic mass is 10.1. The van der Waals surface area contributed by atoms with Gasteiger partial charge in [-0.15, -0.1) is 0 Å². The van der Waals surface area contributed by atoms with Crippen molar-refractivity contribution in [2.75, 3.05) is 33.7 Å². The largest absolute Gasteiger partial charge is 0.319 e. The molecule has 90 valence electrons. The fourth-order valence-corrected chi connectivity index (χ4v) is 2.36. The Kier molecular flexibility index (Phi) is 5.07. The van der Waals surface area contributed by atoms with Crippen LogP contribution in [0.1, 0.15) is 39.5 Å². The van der Waals surface area contributed by atoms with E-state index in [1.165, 1.54) is 45.3 Å². The zero-order valence-electron chi connectivity index (χ0n) is 11.0. The van der Waals surface area contributed by atoms with Gasteiger partial charge >= 0.3 is 0 Å². The Hall–Kier alpha value is -0.0800. The smallest absolute Gasteiger partial charge is 0.00471 e. The van der Waals surface area contributed by atoms with Crippen molar-refractivity contribution < 1.29 is 0 Å². The molecule has 0 aliphatic heterocycles. The fourth-order valence-electron chi connectivity index (χ4n) is 2.36. The summed E-state index contributed by atoms with van der Waals surface area (Å²) in [6.45, 7) is 8.36. The van der Waals surface area contributed by atoms with Gasteiger partial charge in [-0.2, -0.15) is 0 Å². The molecule has 1 N–H and O–H groups in total. The van der Waals surface area contributed by atoms with Gasteiger partial charge in [0.15, 0.2) is 0 Å². The van der Waals surface area contributed by atoms with Gasteiger partial charge in [-0.25, -0.2) is 0 Å². The Balaban J connectivity index is 2.10. The first kappa shape index (κ1) is 13.0. The van der Waals surface area contributed by atoms with Crippen LogP contribution in [-0.4, -0.2) is 38.6 Å². The SMILES string of the molecule is CNCC1(CN(C)CCCC(C)C)CC1. The van der Waals surface area contributed by atoms with Crippen LogP contribution in [0.2, 0.25) is 0 Å². The molecule has 2 heteroatoms. The third-order valence-electron chi connectivity index (χ3n) is 3.44. The van der Waals surface area contributed by atoms with Gasteiger partial charge in [-0.3, -0.25) is 0 Å². The molecule has 0 aromatic rings. The Bertz CT molecular complexity index is 173. The average Bonchev–Trinajstić information content (AvgIpc) is 2.84. The number of nitrogens with zero attached hydrogens (tertiary/aromatic N) is 1. The summed E-state index contributed by atoms with van der Waals surface area (Å²) in [6.07, 6.45) is 5.55. The second-order valence-corrected chi connectivity index (χ2v) is 5.80. The Morgan fingerprint density at radius 1 is 1.33 bits per heavy atom. The molecule has 0 radical (unpaired) electrons. The predicted molar refractivity (Wildman–Crippen MR) is 67.2 cm³/mol. The minimum absolute atomic E-state index is 0.626. The van der Waals surface area contributed by atoms with E-state index in [0.717, 1.165) is 5.92 Å². The third kappa shape index (κ3) is 4.98. The van der Waals surface area contributed by atoms with Gasteiger partial charge in [-0.1, -0.05) is 13.8 Å². The number of rotatable bonds is 8. The lowest BCUT2D eigenvalue weighted by Crippen LogP contribution is -2.33. The van der Waals surface area contributed by atoms with Gasteiger partial charge in [0.05, 0.1) is 0 Å². The molecular formula is C13H28N2. The first-order valence-corrected chi connectivity index (χ1v) is 6.41. The van der Waals surface area contributed by atoms with Gasteiger partial charge in [-0.05, 0) is 57.7 Å². The molecule has 0 aromatic carbocycles. The third-order valence-corrected chi connectivity index (χ3v) is 3.44. The zero-order valence-corrected chi connectivity index (χ0v) is 11.0. The highest BCUT2D eigenvalue weighted by Gasteiger charge is 2.42. The summed E-state index contributed by atoms with van der Waals surface area (Å²) in [5, 5.41) is 3.32. The molecule has 15 heavy (non-hydrogen) atoms. The minimum atomic E-state index is 0.626. The van der Waals surface area contributed by atoms with Crippen molar-refractivity contribution in [2.45, 2.75) is 39.5 Å². The molecule has 2 nitrogen and oxygen atoms in total. The van der Waals surface area contributed by atoms with Crippen LogP contribution in [0, 0.1) is 11.3 Å². The van der Waals surface area contributed by atoms with Crippen LogP contribution in [-0.2, 0) is 0 Å². The highest BCUT2D eigenvalue weighted by Crippen LogP contribution is 2.45. The molecule has 1 rings (SSSR count). The maximum atomic E-state index is 3.32.